The summed E-state index contributed by atoms with van der Waals surface area (Å²) in [6.07, 6.45) is 7.91. The van der Waals surface area contributed by atoms with Gasteiger partial charge in [-0.2, -0.15) is 0 Å². The zero-order chi connectivity index (χ0) is 24.9. The third-order valence-corrected chi connectivity index (χ3v) is 6.41. The largest absolute Gasteiger partial charge is 0.394 e. The zero-order valence-corrected chi connectivity index (χ0v) is 20.4. The van der Waals surface area contributed by atoms with E-state index in [1.807, 2.05) is 51.4 Å². The quantitative estimate of drug-likeness (QED) is 0.375. The van der Waals surface area contributed by atoms with Crippen LogP contribution in [0.5, 0.6) is 0 Å². The predicted octanol–water partition coefficient (Wildman–Crippen LogP) is 2.94. The normalized spacial score (nSPS) is 14.5. The smallest absolute Gasteiger partial charge is 0.267 e. The monoisotopic (exact) mass is 469 g/mol. The number of allylic oxidation sites excluding steroid dienone is 2. The molecule has 0 saturated heterocycles. The van der Waals surface area contributed by atoms with Crippen LogP contribution in [0.25, 0.3) is 11.1 Å². The van der Waals surface area contributed by atoms with Gasteiger partial charge in [0.1, 0.15) is 11.5 Å². The molecule has 0 radical (unpaired) electrons. The van der Waals surface area contributed by atoms with Crippen LogP contribution in [0, 0.1) is 6.92 Å². The Balaban J connectivity index is 1.51. The van der Waals surface area contributed by atoms with Gasteiger partial charge in [0.25, 0.3) is 5.91 Å². The maximum atomic E-state index is 12.6. The van der Waals surface area contributed by atoms with Crippen LogP contribution in [0.15, 0.2) is 77.8 Å². The van der Waals surface area contributed by atoms with E-state index >= 15 is 0 Å². The zero-order valence-electron chi connectivity index (χ0n) is 20.4. The Bertz CT molecular complexity index is 1300. The van der Waals surface area contributed by atoms with Crippen molar-refractivity contribution in [1.29, 1.82) is 0 Å². The maximum absolute atomic E-state index is 12.6. The molecule has 4 rings (SSSR count). The van der Waals surface area contributed by atoms with E-state index in [9.17, 15) is 4.79 Å². The Kier molecular flexibility index (Phi) is 7.10. The lowest BCUT2D eigenvalue weighted by Crippen LogP contribution is -2.35. The molecule has 8 nitrogen and oxygen atoms in total. The molecule has 180 valence electrons. The molecule has 0 saturated carbocycles. The van der Waals surface area contributed by atoms with Gasteiger partial charge < -0.3 is 21.7 Å². The van der Waals surface area contributed by atoms with Gasteiger partial charge in [-0.3, -0.25) is 19.7 Å². The highest BCUT2D eigenvalue weighted by atomic mass is 16.1. The molecule has 0 bridgehead atoms. The molecular weight excluding hydrogens is 438 g/mol. The summed E-state index contributed by atoms with van der Waals surface area (Å²) in [5, 5.41) is 2.85. The van der Waals surface area contributed by atoms with Crippen LogP contribution >= 0.6 is 0 Å². The summed E-state index contributed by atoms with van der Waals surface area (Å²) in [6, 6.07) is 9.92. The average Bonchev–Trinajstić information content (AvgIpc) is 2.90. The van der Waals surface area contributed by atoms with Crippen molar-refractivity contribution >= 4 is 5.91 Å². The average molecular weight is 470 g/mol. The minimum Gasteiger partial charge on any atom is -0.394 e. The summed E-state index contributed by atoms with van der Waals surface area (Å²) < 4.78 is 0. The minimum absolute atomic E-state index is 0.161. The molecule has 1 aliphatic heterocycles. The number of nitrogens with two attached hydrogens (primary N) is 2. The SMILES string of the molecule is CC(=C(/N)C(=O)NCc1ccncc1)/C(C)=C(\N)N1CCc2ncc(-c3ccnc(C)c3)cc2C1. The molecule has 0 fully saturated rings. The molecule has 3 aromatic rings. The Morgan fingerprint density at radius 3 is 2.54 bits per heavy atom. The summed E-state index contributed by atoms with van der Waals surface area (Å²) >= 11 is 0. The van der Waals surface area contributed by atoms with Gasteiger partial charge in [-0.05, 0) is 78.9 Å². The van der Waals surface area contributed by atoms with E-state index in [4.69, 9.17) is 16.5 Å². The van der Waals surface area contributed by atoms with E-state index < -0.39 is 0 Å². The van der Waals surface area contributed by atoms with Crippen molar-refractivity contribution in [3.8, 4) is 11.1 Å². The number of aromatic nitrogens is 3. The molecular formula is C27H31N7O. The second-order valence-corrected chi connectivity index (χ2v) is 8.77. The number of hydrogen-bond acceptors (Lipinski definition) is 7. The van der Waals surface area contributed by atoms with Gasteiger partial charge in [-0.25, -0.2) is 0 Å². The third-order valence-electron chi connectivity index (χ3n) is 6.41. The fourth-order valence-electron chi connectivity index (χ4n) is 4.09. The van der Waals surface area contributed by atoms with E-state index in [0.29, 0.717) is 24.5 Å². The summed E-state index contributed by atoms with van der Waals surface area (Å²) in [5.41, 5.74) is 20.7. The number of carbonyl (C=O) groups excluding carboxylic acids is 1. The molecule has 1 amide bonds. The van der Waals surface area contributed by atoms with Crippen LogP contribution in [-0.4, -0.2) is 32.3 Å². The van der Waals surface area contributed by atoms with Gasteiger partial charge in [-0.15, -0.1) is 0 Å². The Hall–Kier alpha value is -4.20. The number of aryl methyl sites for hydroxylation is 1. The van der Waals surface area contributed by atoms with Crippen molar-refractivity contribution in [2.24, 2.45) is 11.5 Å². The Morgan fingerprint density at radius 1 is 1.03 bits per heavy atom. The maximum Gasteiger partial charge on any atom is 0.267 e. The van der Waals surface area contributed by atoms with Gasteiger partial charge in [0.15, 0.2) is 0 Å². The van der Waals surface area contributed by atoms with E-state index in [1.165, 1.54) is 0 Å². The molecule has 5 N–H and O–H groups in total. The molecule has 3 aromatic heterocycles. The molecule has 35 heavy (non-hydrogen) atoms. The first kappa shape index (κ1) is 23.9. The second kappa shape index (κ2) is 10.4. The van der Waals surface area contributed by atoms with Crippen molar-refractivity contribution in [2.75, 3.05) is 6.54 Å². The van der Waals surface area contributed by atoms with E-state index in [2.05, 4.69) is 32.3 Å². The highest BCUT2D eigenvalue weighted by Crippen LogP contribution is 2.27. The first-order chi connectivity index (χ1) is 16.8. The summed E-state index contributed by atoms with van der Waals surface area (Å²) in [5.74, 6) is 0.292. The number of amides is 1. The number of nitrogens with zero attached hydrogens (tertiary/aromatic N) is 4. The van der Waals surface area contributed by atoms with Crippen LogP contribution in [-0.2, 0) is 24.3 Å². The fourth-order valence-corrected chi connectivity index (χ4v) is 4.09. The first-order valence-corrected chi connectivity index (χ1v) is 11.6. The van der Waals surface area contributed by atoms with Crippen molar-refractivity contribution in [3.05, 3.63) is 100 Å². The number of fused-ring (bicyclic) bond motifs is 1. The van der Waals surface area contributed by atoms with E-state index in [-0.39, 0.29) is 11.6 Å². The lowest BCUT2D eigenvalue weighted by molar-refractivity contribution is -0.117. The number of pyridine rings is 3. The van der Waals surface area contributed by atoms with E-state index in [0.717, 1.165) is 52.2 Å². The highest BCUT2D eigenvalue weighted by molar-refractivity contribution is 5.93. The van der Waals surface area contributed by atoms with Gasteiger partial charge in [0.2, 0.25) is 0 Å². The van der Waals surface area contributed by atoms with Crippen molar-refractivity contribution < 1.29 is 4.79 Å². The molecule has 8 heteroatoms. The third kappa shape index (κ3) is 5.48. The Labute approximate surface area is 205 Å². The number of nitrogens with one attached hydrogen (secondary N) is 1. The van der Waals surface area contributed by atoms with Crippen LogP contribution in [0.1, 0.15) is 36.4 Å². The second-order valence-electron chi connectivity index (χ2n) is 8.77. The highest BCUT2D eigenvalue weighted by Gasteiger charge is 2.21. The Morgan fingerprint density at radius 2 is 1.80 bits per heavy atom. The first-order valence-electron chi connectivity index (χ1n) is 11.6. The van der Waals surface area contributed by atoms with Gasteiger partial charge in [-0.1, -0.05) is 0 Å². The minimum atomic E-state index is -0.322. The van der Waals surface area contributed by atoms with Crippen LogP contribution in [0.2, 0.25) is 0 Å². The van der Waals surface area contributed by atoms with E-state index in [1.54, 1.807) is 12.4 Å². The van der Waals surface area contributed by atoms with Crippen molar-refractivity contribution in [2.45, 2.75) is 40.3 Å². The van der Waals surface area contributed by atoms with Crippen LogP contribution < -0.4 is 16.8 Å². The molecule has 4 heterocycles. The topological polar surface area (TPSA) is 123 Å². The van der Waals surface area contributed by atoms with Crippen molar-refractivity contribution in [3.63, 3.8) is 0 Å². The van der Waals surface area contributed by atoms with Crippen molar-refractivity contribution in [1.82, 2.24) is 25.2 Å². The molecule has 0 aliphatic carbocycles. The number of carbonyl (C=O) groups is 1. The van der Waals surface area contributed by atoms with Gasteiger partial charge >= 0.3 is 0 Å². The molecule has 0 atom stereocenters. The predicted molar refractivity (Wildman–Crippen MR) is 136 cm³/mol. The standard InChI is InChI=1S/C27H31N7O/c1-17-12-21(6-10-31-17)22-13-23-16-34(11-7-24(23)32-15-22)26(29)19(3)18(2)25(28)27(35)33-14-20-4-8-30-9-5-20/h4-6,8-10,12-13,15H,7,11,14,16,28-29H2,1-3H3,(H,33,35)/b25-18-,26-19+. The fraction of sp³-hybridized carbons (Fsp3) is 0.259. The lowest BCUT2D eigenvalue weighted by Gasteiger charge is -2.32. The van der Waals surface area contributed by atoms with Gasteiger partial charge in [0, 0.05) is 67.8 Å². The summed E-state index contributed by atoms with van der Waals surface area (Å²) in [7, 11) is 0. The molecule has 1 aliphatic rings. The summed E-state index contributed by atoms with van der Waals surface area (Å²) in [6.45, 7) is 7.47. The number of rotatable bonds is 6. The lowest BCUT2D eigenvalue weighted by atomic mass is 9.99. The molecule has 0 spiro atoms. The summed E-state index contributed by atoms with van der Waals surface area (Å²) in [4.78, 5) is 27.7. The molecule has 0 aromatic carbocycles. The molecule has 0 unspecified atom stereocenters. The number of hydrogen-bond donors (Lipinski definition) is 3. The van der Waals surface area contributed by atoms with Gasteiger partial charge in [0.05, 0.1) is 0 Å². The van der Waals surface area contributed by atoms with Crippen LogP contribution in [0.4, 0.5) is 0 Å². The van der Waals surface area contributed by atoms with Crippen LogP contribution in [0.3, 0.4) is 0 Å².